The maximum absolute atomic E-state index is 11.8. The summed E-state index contributed by atoms with van der Waals surface area (Å²) < 4.78 is 19.9. The minimum atomic E-state index is -2.65. The Balaban J connectivity index is 0.000000651. The average molecular weight is 467 g/mol. The molecule has 1 aliphatic carbocycles. The van der Waals surface area contributed by atoms with Crippen molar-refractivity contribution in [2.75, 3.05) is 27.4 Å². The molecule has 0 bridgehead atoms. The third-order valence-corrected chi connectivity index (χ3v) is 10.1. The van der Waals surface area contributed by atoms with Crippen LogP contribution in [-0.4, -0.2) is 44.6 Å². The van der Waals surface area contributed by atoms with E-state index in [1.54, 1.807) is 19.4 Å². The van der Waals surface area contributed by atoms with Gasteiger partial charge >= 0.3 is 11.9 Å². The predicted molar refractivity (Wildman–Crippen MR) is 123 cm³/mol. The van der Waals surface area contributed by atoms with Crippen LogP contribution in [0, 0.1) is 5.92 Å². The molecular formula is C20H35O6PS2. The molecule has 0 N–H and O–H groups in total. The van der Waals surface area contributed by atoms with Gasteiger partial charge in [0.25, 0.3) is 0 Å². The van der Waals surface area contributed by atoms with Crippen molar-refractivity contribution >= 4 is 40.8 Å². The van der Waals surface area contributed by atoms with Crippen LogP contribution in [0.4, 0.5) is 0 Å². The van der Waals surface area contributed by atoms with E-state index in [1.807, 2.05) is 0 Å². The molecule has 0 aromatic carbocycles. The minimum Gasteiger partial charge on any atom is -0.466 e. The van der Waals surface area contributed by atoms with Crippen LogP contribution in [0.2, 0.25) is 0 Å². The van der Waals surface area contributed by atoms with Gasteiger partial charge in [-0.1, -0.05) is 35.2 Å². The van der Waals surface area contributed by atoms with E-state index >= 15 is 0 Å². The van der Waals surface area contributed by atoms with Crippen LogP contribution in [0.25, 0.3) is 0 Å². The Kier molecular flexibility index (Phi) is 14.8. The van der Waals surface area contributed by atoms with Gasteiger partial charge in [-0.3, -0.25) is 9.59 Å². The van der Waals surface area contributed by atoms with Gasteiger partial charge in [-0.05, 0) is 64.7 Å². The molecule has 1 rings (SSSR count). The number of esters is 2. The fraction of sp³-hybridized carbons (Fsp3) is 0.700. The first-order chi connectivity index (χ1) is 13.6. The van der Waals surface area contributed by atoms with E-state index in [0.29, 0.717) is 0 Å². The van der Waals surface area contributed by atoms with Gasteiger partial charge < -0.3 is 18.5 Å². The van der Waals surface area contributed by atoms with E-state index in [-0.39, 0.29) is 19.6 Å². The lowest BCUT2D eigenvalue weighted by atomic mass is 9.86. The fourth-order valence-electron chi connectivity index (χ4n) is 2.50. The van der Waals surface area contributed by atoms with E-state index in [4.69, 9.17) is 30.3 Å². The maximum atomic E-state index is 11.8. The van der Waals surface area contributed by atoms with E-state index in [9.17, 15) is 9.59 Å². The predicted octanol–water partition coefficient (Wildman–Crippen LogP) is 5.43. The summed E-state index contributed by atoms with van der Waals surface area (Å²) in [5, 5.41) is -0.787. The second-order valence-electron chi connectivity index (χ2n) is 6.54. The van der Waals surface area contributed by atoms with E-state index in [0.717, 1.165) is 17.3 Å². The third kappa shape index (κ3) is 11.9. The first kappa shape index (κ1) is 28.3. The molecule has 0 saturated carbocycles. The lowest BCUT2D eigenvalue weighted by Crippen LogP contribution is -2.24. The molecule has 1 aliphatic rings. The molecule has 0 aliphatic heterocycles. The second kappa shape index (κ2) is 15.2. The number of allylic oxidation sites excluding steroid dienone is 3. The fourth-order valence-corrected chi connectivity index (χ4v) is 6.37. The number of ether oxygens (including phenoxy) is 2. The van der Waals surface area contributed by atoms with Crippen LogP contribution in [0.1, 0.15) is 53.4 Å². The molecule has 168 valence electrons. The van der Waals surface area contributed by atoms with Crippen LogP contribution in [-0.2, 0) is 39.9 Å². The molecule has 0 saturated heterocycles. The zero-order valence-electron chi connectivity index (χ0n) is 18.4. The van der Waals surface area contributed by atoms with Crippen molar-refractivity contribution in [1.82, 2.24) is 0 Å². The van der Waals surface area contributed by atoms with Crippen molar-refractivity contribution in [3.63, 3.8) is 0 Å². The Morgan fingerprint density at radius 3 is 2.28 bits per heavy atom. The summed E-state index contributed by atoms with van der Waals surface area (Å²) in [6.45, 7) is 12.2. The van der Waals surface area contributed by atoms with Crippen LogP contribution < -0.4 is 0 Å². The van der Waals surface area contributed by atoms with Crippen molar-refractivity contribution in [1.29, 1.82) is 0 Å². The molecule has 2 atom stereocenters. The third-order valence-electron chi connectivity index (χ3n) is 4.25. The number of carbonyl (C=O) groups is 2. The Labute approximate surface area is 184 Å². The first-order valence-corrected chi connectivity index (χ1v) is 13.8. The highest BCUT2D eigenvalue weighted by Crippen LogP contribution is 2.62. The van der Waals surface area contributed by atoms with Crippen molar-refractivity contribution in [3.8, 4) is 0 Å². The monoisotopic (exact) mass is 466 g/mol. The summed E-state index contributed by atoms with van der Waals surface area (Å²) in [5.74, 6) is -0.241. The highest BCUT2D eigenvalue weighted by Gasteiger charge is 2.32. The van der Waals surface area contributed by atoms with Crippen LogP contribution in [0.3, 0.4) is 0 Å². The number of hydrogen-bond acceptors (Lipinski definition) is 8. The summed E-state index contributed by atoms with van der Waals surface area (Å²) in [6.07, 6.45) is 6.04. The summed E-state index contributed by atoms with van der Waals surface area (Å²) in [4.78, 5) is 23.3. The van der Waals surface area contributed by atoms with Gasteiger partial charge in [-0.2, -0.15) is 0 Å². The highest BCUT2D eigenvalue weighted by atomic mass is 32.9. The normalized spacial score (nSPS) is 17.3. The molecule has 2 unspecified atom stereocenters. The van der Waals surface area contributed by atoms with Crippen molar-refractivity contribution in [3.05, 3.63) is 23.8 Å². The lowest BCUT2D eigenvalue weighted by molar-refractivity contribution is -0.149. The van der Waals surface area contributed by atoms with Crippen molar-refractivity contribution < 1.29 is 28.1 Å². The molecule has 0 heterocycles. The maximum Gasteiger partial charge on any atom is 0.320 e. The van der Waals surface area contributed by atoms with Gasteiger partial charge in [-0.15, -0.1) is 0 Å². The standard InChI is InChI=1S/C10H19O6PS2.C10H16/c1-5-15-9(11)7-8(10(12)16-6-2)19-17(18,13-3)14-4;1-8(2)10-6-4-9(3)5-7-10/h8H,5-7H2,1-4H3;4,10H,1,5-7H2,2-3H3. The first-order valence-electron chi connectivity index (χ1n) is 9.65. The Hall–Kier alpha value is -0.660. The van der Waals surface area contributed by atoms with Gasteiger partial charge in [-0.25, -0.2) is 0 Å². The van der Waals surface area contributed by atoms with E-state index in [2.05, 4.69) is 26.5 Å². The largest absolute Gasteiger partial charge is 0.466 e. The van der Waals surface area contributed by atoms with Gasteiger partial charge in [0.15, 0.2) is 0 Å². The van der Waals surface area contributed by atoms with Crippen LogP contribution in [0.5, 0.6) is 0 Å². The number of carbonyl (C=O) groups excluding carboxylic acids is 2. The highest BCUT2D eigenvalue weighted by molar-refractivity contribution is 8.68. The van der Waals surface area contributed by atoms with E-state index < -0.39 is 22.9 Å². The average Bonchev–Trinajstić information content (AvgIpc) is 2.68. The summed E-state index contributed by atoms with van der Waals surface area (Å²) >= 11 is 6.17. The molecule has 0 fully saturated rings. The molecular weight excluding hydrogens is 431 g/mol. The number of hydrogen-bond donors (Lipinski definition) is 0. The second-order valence-corrected chi connectivity index (χ2v) is 13.2. The molecule has 0 aromatic rings. The van der Waals surface area contributed by atoms with Crippen molar-refractivity contribution in [2.45, 2.75) is 58.6 Å². The zero-order valence-corrected chi connectivity index (χ0v) is 20.9. The smallest absolute Gasteiger partial charge is 0.320 e. The minimum absolute atomic E-state index is 0.123. The Morgan fingerprint density at radius 1 is 1.28 bits per heavy atom. The molecule has 0 aromatic heterocycles. The van der Waals surface area contributed by atoms with Gasteiger partial charge in [0.05, 0.1) is 19.6 Å². The van der Waals surface area contributed by atoms with Gasteiger partial charge in [0.2, 0.25) is 5.69 Å². The number of rotatable bonds is 10. The molecule has 0 spiro atoms. The van der Waals surface area contributed by atoms with Gasteiger partial charge in [0, 0.05) is 14.2 Å². The molecule has 6 nitrogen and oxygen atoms in total. The Morgan fingerprint density at radius 2 is 1.86 bits per heavy atom. The molecule has 29 heavy (non-hydrogen) atoms. The summed E-state index contributed by atoms with van der Waals surface area (Å²) in [5.41, 5.74) is 0.255. The SMILES string of the molecule is C=C(C)C1CC=C(C)CC1.CCOC(=O)CC(SP(=S)(OC)OC)C(=O)OCC. The molecule has 0 radical (unpaired) electrons. The topological polar surface area (TPSA) is 71.1 Å². The Bertz CT molecular complexity index is 612. The van der Waals surface area contributed by atoms with E-state index in [1.165, 1.54) is 39.1 Å². The van der Waals surface area contributed by atoms with Crippen molar-refractivity contribution in [2.24, 2.45) is 5.92 Å². The lowest BCUT2D eigenvalue weighted by Gasteiger charge is -2.21. The quantitative estimate of drug-likeness (QED) is 0.240. The zero-order chi connectivity index (χ0) is 22.4. The van der Waals surface area contributed by atoms with Crippen LogP contribution in [0.15, 0.2) is 23.8 Å². The summed E-state index contributed by atoms with van der Waals surface area (Å²) in [7, 11) is 2.81. The molecule has 9 heteroatoms. The van der Waals surface area contributed by atoms with Crippen LogP contribution >= 0.6 is 17.1 Å². The van der Waals surface area contributed by atoms with Gasteiger partial charge in [0.1, 0.15) is 5.25 Å². The summed E-state index contributed by atoms with van der Waals surface area (Å²) in [6, 6.07) is 0. The molecule has 0 amide bonds.